The first kappa shape index (κ1) is 21.2. The molecule has 0 N–H and O–H groups in total. The van der Waals surface area contributed by atoms with E-state index in [1.165, 1.54) is 31.5 Å². The van der Waals surface area contributed by atoms with Crippen molar-refractivity contribution >= 4 is 0 Å². The lowest BCUT2D eigenvalue weighted by Crippen LogP contribution is -2.37. The quantitative estimate of drug-likeness (QED) is 0.564. The van der Waals surface area contributed by atoms with Gasteiger partial charge in [-0.25, -0.2) is 0 Å². The van der Waals surface area contributed by atoms with Gasteiger partial charge >= 0.3 is 0 Å². The van der Waals surface area contributed by atoms with Crippen LogP contribution in [0.1, 0.15) is 65.4 Å². The van der Waals surface area contributed by atoms with Gasteiger partial charge in [0.1, 0.15) is 12.4 Å². The predicted octanol–water partition coefficient (Wildman–Crippen LogP) is 6.41. The van der Waals surface area contributed by atoms with Crippen molar-refractivity contribution in [2.45, 2.75) is 59.8 Å². The van der Waals surface area contributed by atoms with Crippen LogP contribution in [0.25, 0.3) is 0 Å². The van der Waals surface area contributed by atoms with Crippen LogP contribution in [0, 0.1) is 16.7 Å². The second kappa shape index (κ2) is 8.86. The van der Waals surface area contributed by atoms with Crippen molar-refractivity contribution in [2.75, 3.05) is 26.2 Å². The molecule has 28 heavy (non-hydrogen) atoms. The second-order valence-corrected chi connectivity index (χ2v) is 10.2. The van der Waals surface area contributed by atoms with Crippen LogP contribution in [0.5, 0.6) is 0 Å². The first-order valence-corrected chi connectivity index (χ1v) is 11.1. The zero-order chi connectivity index (χ0) is 20.2. The van der Waals surface area contributed by atoms with Gasteiger partial charge in [0.05, 0.1) is 0 Å². The molecule has 0 bridgehead atoms. The number of likely N-dealkylation sites (tertiary alicyclic amines) is 1. The van der Waals surface area contributed by atoms with Crippen LogP contribution in [0.3, 0.4) is 0 Å². The number of rotatable bonds is 6. The number of ether oxygens (including phenoxy) is 1. The molecule has 1 fully saturated rings. The third kappa shape index (κ3) is 5.08. The van der Waals surface area contributed by atoms with Gasteiger partial charge in [-0.3, -0.25) is 4.90 Å². The number of benzene rings is 1. The van der Waals surface area contributed by atoms with E-state index in [1.54, 1.807) is 0 Å². The molecular weight excluding hydrogens is 342 g/mol. The maximum Gasteiger partial charge on any atom is 0.115 e. The van der Waals surface area contributed by atoms with Crippen LogP contribution in [0.2, 0.25) is 0 Å². The first-order valence-electron chi connectivity index (χ1n) is 11.1. The van der Waals surface area contributed by atoms with Crippen LogP contribution in [-0.2, 0) is 4.74 Å². The van der Waals surface area contributed by atoms with Gasteiger partial charge in [0.25, 0.3) is 0 Å². The van der Waals surface area contributed by atoms with Gasteiger partial charge in [-0.2, -0.15) is 0 Å². The number of allylic oxidation sites excluding steroid dienone is 3. The minimum absolute atomic E-state index is 0.272. The first-order chi connectivity index (χ1) is 13.3. The van der Waals surface area contributed by atoms with E-state index in [4.69, 9.17) is 4.74 Å². The van der Waals surface area contributed by atoms with Crippen LogP contribution < -0.4 is 0 Å². The van der Waals surface area contributed by atoms with Crippen molar-refractivity contribution in [1.82, 2.24) is 4.90 Å². The number of piperidine rings is 1. The van der Waals surface area contributed by atoms with Crippen LogP contribution in [-0.4, -0.2) is 31.1 Å². The van der Waals surface area contributed by atoms with E-state index in [2.05, 4.69) is 88.1 Å². The summed E-state index contributed by atoms with van der Waals surface area (Å²) >= 11 is 0. The molecule has 1 heterocycles. The number of nitrogens with zero attached hydrogens (tertiary/aromatic N) is 1. The van der Waals surface area contributed by atoms with Gasteiger partial charge in [-0.15, -0.1) is 0 Å². The average Bonchev–Trinajstić information content (AvgIpc) is 2.69. The summed E-state index contributed by atoms with van der Waals surface area (Å²) in [5.74, 6) is 2.36. The standard InChI is InChI=1S/C26H39NO/c1-25(2,3)26(4,5)23-11-13-24(14-12-23)28-20-19-27-17-15-22(16-18-27)21-9-7-6-8-10-21/h6-11,13-14,22-23H,12,15-20H2,1-5H3. The molecule has 0 amide bonds. The van der Waals surface area contributed by atoms with Gasteiger partial charge in [0.2, 0.25) is 0 Å². The fourth-order valence-electron chi connectivity index (χ4n) is 4.31. The highest BCUT2D eigenvalue weighted by Crippen LogP contribution is 2.47. The molecule has 0 radical (unpaired) electrons. The van der Waals surface area contributed by atoms with Crippen molar-refractivity contribution in [3.63, 3.8) is 0 Å². The van der Waals surface area contributed by atoms with Crippen molar-refractivity contribution in [2.24, 2.45) is 16.7 Å². The van der Waals surface area contributed by atoms with Gasteiger partial charge in [-0.05, 0) is 72.7 Å². The summed E-state index contributed by atoms with van der Waals surface area (Å²) in [5, 5.41) is 0. The Morgan fingerprint density at radius 2 is 1.68 bits per heavy atom. The Morgan fingerprint density at radius 3 is 2.25 bits per heavy atom. The normalized spacial score (nSPS) is 22.2. The van der Waals surface area contributed by atoms with E-state index in [0.717, 1.165) is 31.2 Å². The SMILES string of the molecule is CC(C)(C)C(C)(C)C1C=CC(OCCN2CCC(c3ccccc3)CC2)=CC1. The molecule has 1 aliphatic heterocycles. The van der Waals surface area contributed by atoms with Gasteiger partial charge in [-0.1, -0.05) is 71.0 Å². The lowest BCUT2D eigenvalue weighted by molar-refractivity contribution is 0.0771. The molecule has 2 aliphatic rings. The number of hydrogen-bond donors (Lipinski definition) is 0. The highest BCUT2D eigenvalue weighted by Gasteiger charge is 2.38. The fourth-order valence-corrected chi connectivity index (χ4v) is 4.31. The predicted molar refractivity (Wildman–Crippen MR) is 119 cm³/mol. The molecule has 0 spiro atoms. The Balaban J connectivity index is 1.38. The molecular formula is C26H39NO. The topological polar surface area (TPSA) is 12.5 Å². The van der Waals surface area contributed by atoms with Crippen LogP contribution in [0.4, 0.5) is 0 Å². The maximum absolute atomic E-state index is 6.08. The zero-order valence-electron chi connectivity index (χ0n) is 18.6. The largest absolute Gasteiger partial charge is 0.493 e. The molecule has 1 aromatic rings. The summed E-state index contributed by atoms with van der Waals surface area (Å²) in [6.07, 6.45) is 10.5. The van der Waals surface area contributed by atoms with Gasteiger partial charge < -0.3 is 4.74 Å². The average molecular weight is 382 g/mol. The Bertz CT molecular complexity index is 672. The minimum atomic E-state index is 0.272. The molecule has 1 aromatic carbocycles. The van der Waals surface area contributed by atoms with Crippen molar-refractivity contribution in [1.29, 1.82) is 0 Å². The summed E-state index contributed by atoms with van der Waals surface area (Å²) in [4.78, 5) is 2.55. The molecule has 0 aromatic heterocycles. The molecule has 154 valence electrons. The Labute approximate surface area is 172 Å². The van der Waals surface area contributed by atoms with Crippen LogP contribution in [0.15, 0.2) is 54.3 Å². The smallest absolute Gasteiger partial charge is 0.115 e. The monoisotopic (exact) mass is 381 g/mol. The highest BCUT2D eigenvalue weighted by molar-refractivity contribution is 5.21. The second-order valence-electron chi connectivity index (χ2n) is 10.2. The van der Waals surface area contributed by atoms with Crippen molar-refractivity contribution in [3.8, 4) is 0 Å². The van der Waals surface area contributed by atoms with Crippen molar-refractivity contribution in [3.05, 3.63) is 59.9 Å². The zero-order valence-corrected chi connectivity index (χ0v) is 18.6. The Hall–Kier alpha value is -1.54. The minimum Gasteiger partial charge on any atom is -0.493 e. The Morgan fingerprint density at radius 1 is 1.00 bits per heavy atom. The molecule has 1 aliphatic carbocycles. The fraction of sp³-hybridized carbons (Fsp3) is 0.615. The van der Waals surface area contributed by atoms with E-state index in [1.807, 2.05) is 0 Å². The van der Waals surface area contributed by atoms with E-state index in [-0.39, 0.29) is 5.41 Å². The molecule has 0 saturated carbocycles. The highest BCUT2D eigenvalue weighted by atomic mass is 16.5. The Kier molecular flexibility index (Phi) is 6.70. The molecule has 1 unspecified atom stereocenters. The lowest BCUT2D eigenvalue weighted by Gasteiger charge is -2.44. The molecule has 1 atom stereocenters. The van der Waals surface area contributed by atoms with Crippen molar-refractivity contribution < 1.29 is 4.74 Å². The molecule has 3 rings (SSSR count). The van der Waals surface area contributed by atoms with Crippen LogP contribution >= 0.6 is 0 Å². The summed E-state index contributed by atoms with van der Waals surface area (Å²) < 4.78 is 6.08. The van der Waals surface area contributed by atoms with Gasteiger partial charge in [0.15, 0.2) is 0 Å². The molecule has 1 saturated heterocycles. The van der Waals surface area contributed by atoms with E-state index >= 15 is 0 Å². The third-order valence-corrected chi connectivity index (χ3v) is 7.46. The molecule has 2 nitrogen and oxygen atoms in total. The van der Waals surface area contributed by atoms with E-state index < -0.39 is 0 Å². The number of hydrogen-bond acceptors (Lipinski definition) is 2. The summed E-state index contributed by atoms with van der Waals surface area (Å²) in [7, 11) is 0. The molecule has 2 heteroatoms. The van der Waals surface area contributed by atoms with Gasteiger partial charge in [0, 0.05) is 6.54 Å². The lowest BCUT2D eigenvalue weighted by atomic mass is 9.61. The summed E-state index contributed by atoms with van der Waals surface area (Å²) in [5.41, 5.74) is 2.07. The third-order valence-electron chi connectivity index (χ3n) is 7.46. The maximum atomic E-state index is 6.08. The van der Waals surface area contributed by atoms with E-state index in [9.17, 15) is 0 Å². The summed E-state index contributed by atoms with van der Waals surface area (Å²) in [6.45, 7) is 16.0. The summed E-state index contributed by atoms with van der Waals surface area (Å²) in [6, 6.07) is 11.0. The van der Waals surface area contributed by atoms with E-state index in [0.29, 0.717) is 11.3 Å².